The van der Waals surface area contributed by atoms with Gasteiger partial charge in [-0.3, -0.25) is 14.6 Å². The van der Waals surface area contributed by atoms with E-state index in [-0.39, 0.29) is 17.7 Å². The average Bonchev–Trinajstić information content (AvgIpc) is 2.51. The summed E-state index contributed by atoms with van der Waals surface area (Å²) in [5.74, 6) is -2.79. The van der Waals surface area contributed by atoms with Crippen LogP contribution in [-0.2, 0) is 14.6 Å². The Labute approximate surface area is 130 Å². The third-order valence-electron chi connectivity index (χ3n) is 3.68. The van der Waals surface area contributed by atoms with E-state index in [1.165, 1.54) is 18.5 Å². The van der Waals surface area contributed by atoms with Gasteiger partial charge in [0.05, 0.1) is 5.25 Å². The number of hydrogen-bond donors (Lipinski definition) is 1. The van der Waals surface area contributed by atoms with Crippen LogP contribution in [0.15, 0.2) is 24.5 Å². The normalized spacial score (nSPS) is 14.3. The molecule has 0 radical (unpaired) electrons. The van der Waals surface area contributed by atoms with Crippen molar-refractivity contribution in [1.29, 1.82) is 0 Å². The first-order valence-corrected chi connectivity index (χ1v) is 8.89. The highest BCUT2D eigenvalue weighted by Gasteiger charge is 2.28. The maximum absolute atomic E-state index is 12.2. The molecule has 0 saturated heterocycles. The fourth-order valence-electron chi connectivity index (χ4n) is 2.15. The average molecular weight is 327 g/mol. The zero-order chi connectivity index (χ0) is 16.8. The molecule has 1 rings (SSSR count). The van der Waals surface area contributed by atoms with Gasteiger partial charge in [0.15, 0.2) is 15.6 Å². The molecule has 22 heavy (non-hydrogen) atoms. The predicted octanol–water partition coefficient (Wildman–Crippen LogP) is 1.96. The van der Waals surface area contributed by atoms with Crippen molar-refractivity contribution in [2.45, 2.75) is 38.4 Å². The van der Waals surface area contributed by atoms with E-state index in [0.717, 1.165) is 0 Å². The Bertz CT molecular complexity index is 612. The van der Waals surface area contributed by atoms with Gasteiger partial charge < -0.3 is 5.11 Å². The van der Waals surface area contributed by atoms with Crippen LogP contribution in [0.25, 0.3) is 0 Å². The van der Waals surface area contributed by atoms with Gasteiger partial charge in [-0.1, -0.05) is 13.3 Å². The summed E-state index contributed by atoms with van der Waals surface area (Å²) in [5, 5.41) is 8.69. The van der Waals surface area contributed by atoms with Gasteiger partial charge >= 0.3 is 5.97 Å². The first-order valence-electron chi connectivity index (χ1n) is 7.18. The smallest absolute Gasteiger partial charge is 0.314 e. The number of aromatic nitrogens is 1. The Balaban J connectivity index is 2.67. The van der Waals surface area contributed by atoms with Crippen molar-refractivity contribution in [3.05, 3.63) is 30.1 Å². The second-order valence-electron chi connectivity index (χ2n) is 5.19. The van der Waals surface area contributed by atoms with Crippen molar-refractivity contribution in [2.75, 3.05) is 5.75 Å². The molecule has 0 spiro atoms. The van der Waals surface area contributed by atoms with Gasteiger partial charge in [0.25, 0.3) is 0 Å². The fourth-order valence-corrected chi connectivity index (χ4v) is 3.24. The lowest BCUT2D eigenvalue weighted by Gasteiger charge is -2.14. The monoisotopic (exact) mass is 327 g/mol. The number of carboxylic acid groups (broad SMARTS) is 1. The van der Waals surface area contributed by atoms with Crippen molar-refractivity contribution in [1.82, 2.24) is 4.98 Å². The molecular weight excluding hydrogens is 306 g/mol. The summed E-state index contributed by atoms with van der Waals surface area (Å²) >= 11 is 0. The Hall–Kier alpha value is -1.76. The number of aliphatic carboxylic acids is 1. The van der Waals surface area contributed by atoms with E-state index in [1.54, 1.807) is 19.9 Å². The molecule has 0 fully saturated rings. The summed E-state index contributed by atoms with van der Waals surface area (Å²) in [4.78, 5) is 27.3. The highest BCUT2D eigenvalue weighted by molar-refractivity contribution is 7.91. The predicted molar refractivity (Wildman–Crippen MR) is 82.5 cm³/mol. The molecule has 7 heteroatoms. The number of sulfone groups is 1. The first-order chi connectivity index (χ1) is 10.3. The molecule has 1 aromatic rings. The maximum Gasteiger partial charge on any atom is 0.314 e. The Kier molecular flexibility index (Phi) is 6.67. The topological polar surface area (TPSA) is 101 Å². The third-order valence-corrected chi connectivity index (χ3v) is 5.95. The fraction of sp³-hybridized carbons (Fsp3) is 0.533. The van der Waals surface area contributed by atoms with Gasteiger partial charge in [0, 0.05) is 23.7 Å². The van der Waals surface area contributed by atoms with Gasteiger partial charge in [0.2, 0.25) is 0 Å². The number of ketones is 1. The molecule has 2 atom stereocenters. The van der Waals surface area contributed by atoms with Crippen molar-refractivity contribution in [2.24, 2.45) is 5.92 Å². The molecule has 0 saturated carbocycles. The minimum absolute atomic E-state index is 0.0607. The molecule has 122 valence electrons. The van der Waals surface area contributed by atoms with Crippen LogP contribution in [-0.4, -0.2) is 41.3 Å². The molecule has 6 nitrogen and oxygen atoms in total. The highest BCUT2D eigenvalue weighted by atomic mass is 32.2. The molecule has 0 bridgehead atoms. The summed E-state index contributed by atoms with van der Waals surface area (Å²) in [6.07, 6.45) is 3.67. The lowest BCUT2D eigenvalue weighted by molar-refractivity contribution is -0.140. The summed E-state index contributed by atoms with van der Waals surface area (Å²) < 4.78 is 23.3. The Morgan fingerprint density at radius 3 is 2.50 bits per heavy atom. The number of hydrogen-bond acceptors (Lipinski definition) is 5. The molecule has 1 heterocycles. The van der Waals surface area contributed by atoms with Crippen molar-refractivity contribution in [3.63, 3.8) is 0 Å². The zero-order valence-electron chi connectivity index (χ0n) is 12.7. The number of carboxylic acids is 1. The number of pyridine rings is 1. The third kappa shape index (κ3) is 4.91. The molecule has 1 N–H and O–H groups in total. The van der Waals surface area contributed by atoms with Gasteiger partial charge in [-0.05, 0) is 31.9 Å². The second kappa shape index (κ2) is 8.03. The number of rotatable bonds is 9. The minimum Gasteiger partial charge on any atom is -0.481 e. The van der Waals surface area contributed by atoms with E-state index >= 15 is 0 Å². The lowest BCUT2D eigenvalue weighted by Crippen LogP contribution is -2.25. The molecule has 0 aliphatic rings. The van der Waals surface area contributed by atoms with Gasteiger partial charge in [-0.25, -0.2) is 8.42 Å². The first kappa shape index (κ1) is 18.3. The van der Waals surface area contributed by atoms with Crippen LogP contribution < -0.4 is 0 Å². The Morgan fingerprint density at radius 2 is 2.00 bits per heavy atom. The minimum atomic E-state index is -3.13. The van der Waals surface area contributed by atoms with Crippen LogP contribution in [0.2, 0.25) is 0 Å². The number of carbonyl (C=O) groups is 2. The van der Waals surface area contributed by atoms with Crippen LogP contribution in [0.3, 0.4) is 0 Å². The van der Waals surface area contributed by atoms with E-state index in [0.29, 0.717) is 12.8 Å². The quantitative estimate of drug-likeness (QED) is 0.549. The summed E-state index contributed by atoms with van der Waals surface area (Å²) in [7, 11) is -3.13. The standard InChI is InChI=1S/C15H21NO5S/c1-3-22(20,21)11(2)6-4-8-13(15(18)19)14(17)12-7-5-9-16-10-12/h5,7,9-11,13H,3-4,6,8H2,1-2H3,(H,18,19). The van der Waals surface area contributed by atoms with Crippen LogP contribution in [0.4, 0.5) is 0 Å². The lowest BCUT2D eigenvalue weighted by atomic mass is 9.93. The van der Waals surface area contributed by atoms with E-state index in [4.69, 9.17) is 0 Å². The van der Waals surface area contributed by atoms with Crippen molar-refractivity contribution >= 4 is 21.6 Å². The van der Waals surface area contributed by atoms with Crippen molar-refractivity contribution in [3.8, 4) is 0 Å². The second-order valence-corrected chi connectivity index (χ2v) is 7.90. The molecule has 0 aromatic carbocycles. The number of nitrogens with zero attached hydrogens (tertiary/aromatic N) is 1. The summed E-state index contributed by atoms with van der Waals surface area (Å²) in [5.41, 5.74) is 0.254. The van der Waals surface area contributed by atoms with Crippen LogP contribution >= 0.6 is 0 Å². The summed E-state index contributed by atoms with van der Waals surface area (Å²) in [6, 6.07) is 3.09. The van der Waals surface area contributed by atoms with Crippen LogP contribution in [0.1, 0.15) is 43.5 Å². The zero-order valence-corrected chi connectivity index (χ0v) is 13.5. The van der Waals surface area contributed by atoms with E-state index < -0.39 is 32.8 Å². The van der Waals surface area contributed by atoms with Crippen LogP contribution in [0, 0.1) is 5.92 Å². The van der Waals surface area contributed by atoms with Crippen LogP contribution in [0.5, 0.6) is 0 Å². The largest absolute Gasteiger partial charge is 0.481 e. The molecular formula is C15H21NO5S. The molecule has 0 amide bonds. The molecule has 2 unspecified atom stereocenters. The number of carbonyl (C=O) groups excluding carboxylic acids is 1. The maximum atomic E-state index is 12.2. The molecule has 0 aliphatic carbocycles. The van der Waals surface area contributed by atoms with E-state index in [9.17, 15) is 23.1 Å². The molecule has 0 aliphatic heterocycles. The highest BCUT2D eigenvalue weighted by Crippen LogP contribution is 2.18. The van der Waals surface area contributed by atoms with E-state index in [2.05, 4.69) is 4.98 Å². The van der Waals surface area contributed by atoms with Gasteiger partial charge in [-0.15, -0.1) is 0 Å². The van der Waals surface area contributed by atoms with Gasteiger partial charge in [0.1, 0.15) is 5.92 Å². The Morgan fingerprint density at radius 1 is 1.32 bits per heavy atom. The van der Waals surface area contributed by atoms with E-state index in [1.807, 2.05) is 0 Å². The number of Topliss-reactive ketones (excluding diaryl/α,β-unsaturated/α-hetero) is 1. The molecule has 1 aromatic heterocycles. The SMILES string of the molecule is CCS(=O)(=O)C(C)CCCC(C(=O)O)C(=O)c1cccnc1. The van der Waals surface area contributed by atoms with Gasteiger partial charge in [-0.2, -0.15) is 0 Å². The van der Waals surface area contributed by atoms with Crippen molar-refractivity contribution < 1.29 is 23.1 Å². The summed E-state index contributed by atoms with van der Waals surface area (Å²) in [6.45, 7) is 3.19.